The molecule has 19 heavy (non-hydrogen) atoms. The third-order valence-electron chi connectivity index (χ3n) is 3.55. The van der Waals surface area contributed by atoms with E-state index in [0.717, 1.165) is 38.3 Å². The molecule has 2 rings (SSSR count). The largest absolute Gasteiger partial charge is 0.311 e. The van der Waals surface area contributed by atoms with Crippen LogP contribution < -0.4 is 5.32 Å². The van der Waals surface area contributed by atoms with Crippen LogP contribution in [0.4, 0.5) is 0 Å². The van der Waals surface area contributed by atoms with Crippen molar-refractivity contribution in [3.63, 3.8) is 0 Å². The summed E-state index contributed by atoms with van der Waals surface area (Å²) >= 11 is 12.1. The van der Waals surface area contributed by atoms with E-state index in [-0.39, 0.29) is 0 Å². The van der Waals surface area contributed by atoms with Crippen molar-refractivity contribution in [3.05, 3.63) is 33.8 Å². The van der Waals surface area contributed by atoms with Crippen molar-refractivity contribution in [1.82, 2.24) is 15.1 Å². The number of piperazine rings is 1. The molecule has 0 saturated carbocycles. The summed E-state index contributed by atoms with van der Waals surface area (Å²) in [6.07, 6.45) is 0. The maximum absolute atomic E-state index is 6.15. The molecule has 0 amide bonds. The molecule has 0 radical (unpaired) electrons. The Bertz CT molecular complexity index is 404. The highest BCUT2D eigenvalue weighted by Crippen LogP contribution is 2.25. The quantitative estimate of drug-likeness (QED) is 0.842. The lowest BCUT2D eigenvalue weighted by molar-refractivity contribution is 0.154. The zero-order valence-electron chi connectivity index (χ0n) is 11.3. The summed E-state index contributed by atoms with van der Waals surface area (Å²) in [7, 11) is 2.18. The molecule has 1 aliphatic rings. The first-order chi connectivity index (χ1) is 9.16. The van der Waals surface area contributed by atoms with Crippen molar-refractivity contribution in [3.8, 4) is 0 Å². The lowest BCUT2D eigenvalue weighted by Crippen LogP contribution is -2.46. The van der Waals surface area contributed by atoms with Crippen molar-refractivity contribution < 1.29 is 0 Å². The molecule has 1 aromatic carbocycles. The third kappa shape index (κ3) is 4.62. The van der Waals surface area contributed by atoms with E-state index >= 15 is 0 Å². The summed E-state index contributed by atoms with van der Waals surface area (Å²) < 4.78 is 0. The highest BCUT2D eigenvalue weighted by atomic mass is 35.5. The average Bonchev–Trinajstić information content (AvgIpc) is 2.41. The van der Waals surface area contributed by atoms with E-state index < -0.39 is 0 Å². The first-order valence-electron chi connectivity index (χ1n) is 6.71. The Morgan fingerprint density at radius 3 is 2.63 bits per heavy atom. The average molecular weight is 302 g/mol. The lowest BCUT2D eigenvalue weighted by atomic mass is 10.2. The van der Waals surface area contributed by atoms with Gasteiger partial charge < -0.3 is 10.2 Å². The SMILES string of the molecule is CN1CCN(CCNCc2cccc(Cl)c2Cl)CC1. The molecule has 0 aliphatic carbocycles. The summed E-state index contributed by atoms with van der Waals surface area (Å²) in [5.74, 6) is 0. The molecule has 1 aliphatic heterocycles. The predicted molar refractivity (Wildman–Crippen MR) is 82.1 cm³/mol. The van der Waals surface area contributed by atoms with Crippen molar-refractivity contribution in [2.24, 2.45) is 0 Å². The standard InChI is InChI=1S/C14H21Cl2N3/c1-18-7-9-19(10-8-18)6-5-17-11-12-3-2-4-13(15)14(12)16/h2-4,17H,5-11H2,1H3. The molecule has 106 valence electrons. The Labute approximate surface area is 125 Å². The van der Waals surface area contributed by atoms with Crippen LogP contribution in [-0.2, 0) is 6.54 Å². The lowest BCUT2D eigenvalue weighted by Gasteiger charge is -2.32. The topological polar surface area (TPSA) is 18.5 Å². The number of nitrogens with zero attached hydrogens (tertiary/aromatic N) is 2. The van der Waals surface area contributed by atoms with Crippen molar-refractivity contribution >= 4 is 23.2 Å². The second-order valence-electron chi connectivity index (χ2n) is 5.03. The van der Waals surface area contributed by atoms with E-state index in [4.69, 9.17) is 23.2 Å². The predicted octanol–water partition coefficient (Wildman–Crippen LogP) is 2.33. The van der Waals surface area contributed by atoms with Crippen LogP contribution in [0.1, 0.15) is 5.56 Å². The Kier molecular flexibility index (Phi) is 5.92. The Morgan fingerprint density at radius 1 is 1.16 bits per heavy atom. The molecule has 5 heteroatoms. The van der Waals surface area contributed by atoms with Gasteiger partial charge in [0.25, 0.3) is 0 Å². The number of likely N-dealkylation sites (N-methyl/N-ethyl adjacent to an activating group) is 1. The number of halogens is 2. The molecule has 0 atom stereocenters. The van der Waals surface area contributed by atoms with E-state index in [1.165, 1.54) is 13.1 Å². The molecule has 0 bridgehead atoms. The summed E-state index contributed by atoms with van der Waals surface area (Å²) in [5.41, 5.74) is 1.06. The normalized spacial score (nSPS) is 17.8. The smallest absolute Gasteiger partial charge is 0.0637 e. The zero-order chi connectivity index (χ0) is 13.7. The van der Waals surface area contributed by atoms with Gasteiger partial charge in [-0.3, -0.25) is 4.90 Å². The van der Waals surface area contributed by atoms with Crippen LogP contribution >= 0.6 is 23.2 Å². The van der Waals surface area contributed by atoms with Crippen molar-refractivity contribution in [2.75, 3.05) is 46.3 Å². The Hall–Kier alpha value is -0.320. The van der Waals surface area contributed by atoms with Crippen LogP contribution in [0.5, 0.6) is 0 Å². The molecule has 1 fully saturated rings. The van der Waals surface area contributed by atoms with Crippen LogP contribution in [-0.4, -0.2) is 56.1 Å². The first-order valence-corrected chi connectivity index (χ1v) is 7.47. The van der Waals surface area contributed by atoms with Crippen molar-refractivity contribution in [2.45, 2.75) is 6.54 Å². The Morgan fingerprint density at radius 2 is 1.89 bits per heavy atom. The minimum absolute atomic E-state index is 0.625. The fourth-order valence-electron chi connectivity index (χ4n) is 2.22. The number of hydrogen-bond acceptors (Lipinski definition) is 3. The molecule has 0 unspecified atom stereocenters. The monoisotopic (exact) mass is 301 g/mol. The molecular weight excluding hydrogens is 281 g/mol. The van der Waals surface area contributed by atoms with E-state index in [9.17, 15) is 0 Å². The summed E-state index contributed by atoms with van der Waals surface area (Å²) in [4.78, 5) is 4.86. The van der Waals surface area contributed by atoms with Gasteiger partial charge in [-0.1, -0.05) is 35.3 Å². The molecule has 1 heterocycles. The van der Waals surface area contributed by atoms with E-state index in [2.05, 4.69) is 22.2 Å². The number of hydrogen-bond donors (Lipinski definition) is 1. The Balaban J connectivity index is 1.68. The van der Waals surface area contributed by atoms with Crippen LogP contribution in [0.2, 0.25) is 10.0 Å². The summed E-state index contributed by atoms with van der Waals surface area (Å²) in [6.45, 7) is 7.50. The highest BCUT2D eigenvalue weighted by Gasteiger charge is 2.12. The van der Waals surface area contributed by atoms with Crippen LogP contribution in [0, 0.1) is 0 Å². The van der Waals surface area contributed by atoms with Gasteiger partial charge in [-0.25, -0.2) is 0 Å². The van der Waals surface area contributed by atoms with Gasteiger partial charge >= 0.3 is 0 Å². The summed E-state index contributed by atoms with van der Waals surface area (Å²) in [6, 6.07) is 5.76. The first kappa shape index (κ1) is 15.1. The van der Waals surface area contributed by atoms with Crippen LogP contribution in [0.15, 0.2) is 18.2 Å². The van der Waals surface area contributed by atoms with E-state index in [1.54, 1.807) is 0 Å². The van der Waals surface area contributed by atoms with Gasteiger partial charge in [0.15, 0.2) is 0 Å². The van der Waals surface area contributed by atoms with Gasteiger partial charge in [0.1, 0.15) is 0 Å². The van der Waals surface area contributed by atoms with E-state index in [1.807, 2.05) is 18.2 Å². The zero-order valence-corrected chi connectivity index (χ0v) is 12.8. The molecule has 1 aromatic rings. The molecule has 0 spiro atoms. The molecule has 3 nitrogen and oxygen atoms in total. The minimum Gasteiger partial charge on any atom is -0.311 e. The number of benzene rings is 1. The highest BCUT2D eigenvalue weighted by molar-refractivity contribution is 6.42. The van der Waals surface area contributed by atoms with Crippen molar-refractivity contribution in [1.29, 1.82) is 0 Å². The maximum atomic E-state index is 6.15. The fourth-order valence-corrected chi connectivity index (χ4v) is 2.60. The minimum atomic E-state index is 0.625. The molecule has 0 aromatic heterocycles. The van der Waals surface area contributed by atoms with E-state index in [0.29, 0.717) is 10.0 Å². The van der Waals surface area contributed by atoms with Gasteiger partial charge in [0.2, 0.25) is 0 Å². The number of rotatable bonds is 5. The van der Waals surface area contributed by atoms with Gasteiger partial charge in [0, 0.05) is 45.8 Å². The fraction of sp³-hybridized carbons (Fsp3) is 0.571. The molecular formula is C14H21Cl2N3. The molecule has 1 N–H and O–H groups in total. The molecule has 1 saturated heterocycles. The second kappa shape index (κ2) is 7.46. The maximum Gasteiger partial charge on any atom is 0.0637 e. The van der Waals surface area contributed by atoms with Gasteiger partial charge in [0.05, 0.1) is 10.0 Å². The van der Waals surface area contributed by atoms with Gasteiger partial charge in [-0.15, -0.1) is 0 Å². The number of nitrogens with one attached hydrogen (secondary N) is 1. The summed E-state index contributed by atoms with van der Waals surface area (Å²) in [5, 5.41) is 4.72. The van der Waals surface area contributed by atoms with Crippen LogP contribution in [0.3, 0.4) is 0 Å². The van der Waals surface area contributed by atoms with Gasteiger partial charge in [-0.05, 0) is 18.7 Å². The third-order valence-corrected chi connectivity index (χ3v) is 4.41. The second-order valence-corrected chi connectivity index (χ2v) is 5.82. The van der Waals surface area contributed by atoms with Gasteiger partial charge in [-0.2, -0.15) is 0 Å². The van der Waals surface area contributed by atoms with Crippen LogP contribution in [0.25, 0.3) is 0 Å².